The van der Waals surface area contributed by atoms with Crippen LogP contribution in [-0.2, 0) is 11.3 Å². The number of benzene rings is 1. The van der Waals surface area contributed by atoms with Crippen molar-refractivity contribution in [1.82, 2.24) is 10.2 Å². The minimum absolute atomic E-state index is 0.382. The molecule has 0 aliphatic rings. The Balaban J connectivity index is 2.33. The van der Waals surface area contributed by atoms with Crippen molar-refractivity contribution in [3.8, 4) is 0 Å². The Morgan fingerprint density at radius 2 is 2.15 bits per heavy atom. The van der Waals surface area contributed by atoms with Gasteiger partial charge in [0.1, 0.15) is 0 Å². The van der Waals surface area contributed by atoms with Gasteiger partial charge in [-0.3, -0.25) is 4.79 Å². The first-order valence-corrected chi connectivity index (χ1v) is 6.82. The lowest BCUT2D eigenvalue weighted by molar-refractivity contribution is 0.1000. The van der Waals surface area contributed by atoms with Crippen LogP contribution >= 0.6 is 0 Å². The third-order valence-electron chi connectivity index (χ3n) is 3.29. The number of nitrogens with two attached hydrogens (primary N) is 1. The highest BCUT2D eigenvalue weighted by Crippen LogP contribution is 2.10. The molecule has 1 rings (SSSR count). The monoisotopic (exact) mass is 279 g/mol. The summed E-state index contributed by atoms with van der Waals surface area (Å²) in [4.78, 5) is 13.3. The molecule has 3 N–H and O–H groups in total. The van der Waals surface area contributed by atoms with Crippen molar-refractivity contribution < 1.29 is 9.53 Å². The molecule has 0 radical (unpaired) electrons. The summed E-state index contributed by atoms with van der Waals surface area (Å²) in [5, 5.41) is 3.40. The molecule has 112 valence electrons. The first kappa shape index (κ1) is 16.6. The summed E-state index contributed by atoms with van der Waals surface area (Å²) < 4.78 is 5.03. The second-order valence-corrected chi connectivity index (χ2v) is 4.98. The molecule has 0 aromatic heterocycles. The number of nitrogens with one attached hydrogen (secondary N) is 1. The van der Waals surface area contributed by atoms with Gasteiger partial charge in [-0.2, -0.15) is 0 Å². The predicted octanol–water partition coefficient (Wildman–Crippen LogP) is 0.762. The Morgan fingerprint density at radius 1 is 1.40 bits per heavy atom. The topological polar surface area (TPSA) is 67.6 Å². The molecule has 0 fully saturated rings. The number of primary amides is 1. The Hall–Kier alpha value is -1.43. The van der Waals surface area contributed by atoms with E-state index in [1.54, 1.807) is 13.2 Å². The predicted molar refractivity (Wildman–Crippen MR) is 80.8 cm³/mol. The molecule has 1 amide bonds. The van der Waals surface area contributed by atoms with Crippen LogP contribution in [0, 0.1) is 6.92 Å². The molecule has 0 bridgehead atoms. The van der Waals surface area contributed by atoms with Gasteiger partial charge >= 0.3 is 0 Å². The average molecular weight is 279 g/mol. The maximum atomic E-state index is 11.1. The van der Waals surface area contributed by atoms with Gasteiger partial charge in [-0.05, 0) is 37.2 Å². The summed E-state index contributed by atoms with van der Waals surface area (Å²) in [7, 11) is 3.79. The Labute approximate surface area is 121 Å². The maximum Gasteiger partial charge on any atom is 0.248 e. The molecule has 5 nitrogen and oxygen atoms in total. The molecule has 0 aliphatic carbocycles. The zero-order chi connectivity index (χ0) is 15.0. The van der Waals surface area contributed by atoms with E-state index < -0.39 is 0 Å². The van der Waals surface area contributed by atoms with E-state index in [1.807, 2.05) is 19.1 Å². The van der Waals surface area contributed by atoms with Crippen LogP contribution in [0.5, 0.6) is 0 Å². The summed E-state index contributed by atoms with van der Waals surface area (Å²) in [5.41, 5.74) is 8.09. The molecule has 0 aliphatic heterocycles. The molecule has 20 heavy (non-hydrogen) atoms. The van der Waals surface area contributed by atoms with Gasteiger partial charge in [0.05, 0.1) is 6.61 Å². The van der Waals surface area contributed by atoms with E-state index in [0.29, 0.717) is 5.56 Å². The number of ether oxygens (including phenoxy) is 1. The average Bonchev–Trinajstić information content (AvgIpc) is 2.42. The summed E-state index contributed by atoms with van der Waals surface area (Å²) >= 11 is 0. The Morgan fingerprint density at radius 3 is 2.75 bits per heavy atom. The number of methoxy groups -OCH3 is 1. The third-order valence-corrected chi connectivity index (χ3v) is 3.29. The molecule has 1 aromatic rings. The van der Waals surface area contributed by atoms with Gasteiger partial charge in [0.15, 0.2) is 0 Å². The summed E-state index contributed by atoms with van der Waals surface area (Å²) in [5.74, 6) is -0.382. The smallest absolute Gasteiger partial charge is 0.248 e. The number of rotatable bonds is 9. The minimum Gasteiger partial charge on any atom is -0.383 e. The van der Waals surface area contributed by atoms with Crippen molar-refractivity contribution in [2.24, 2.45) is 5.73 Å². The number of hydrogen-bond acceptors (Lipinski definition) is 4. The molecule has 0 saturated carbocycles. The first-order valence-electron chi connectivity index (χ1n) is 6.82. The van der Waals surface area contributed by atoms with E-state index >= 15 is 0 Å². The summed E-state index contributed by atoms with van der Waals surface area (Å²) in [6.07, 6.45) is 0. The minimum atomic E-state index is -0.382. The molecule has 0 spiro atoms. The van der Waals surface area contributed by atoms with Gasteiger partial charge in [0.2, 0.25) is 5.91 Å². The normalized spacial score (nSPS) is 11.0. The molecule has 0 atom stereocenters. The lowest BCUT2D eigenvalue weighted by atomic mass is 10.0. The number of nitrogens with zero attached hydrogens (tertiary/aromatic N) is 1. The molecule has 5 heteroatoms. The molecular weight excluding hydrogens is 254 g/mol. The van der Waals surface area contributed by atoms with Crippen molar-refractivity contribution in [3.63, 3.8) is 0 Å². The zero-order valence-corrected chi connectivity index (χ0v) is 12.6. The van der Waals surface area contributed by atoms with Crippen LogP contribution in [0.2, 0.25) is 0 Å². The Bertz CT molecular complexity index is 435. The van der Waals surface area contributed by atoms with E-state index in [-0.39, 0.29) is 5.91 Å². The number of carbonyl (C=O) groups excluding carboxylic acids is 1. The van der Waals surface area contributed by atoms with Crippen LogP contribution in [0.1, 0.15) is 21.5 Å². The number of carbonyl (C=O) groups is 1. The Kier molecular flexibility index (Phi) is 7.22. The quantitative estimate of drug-likeness (QED) is 0.655. The van der Waals surface area contributed by atoms with Crippen molar-refractivity contribution in [2.75, 3.05) is 40.4 Å². The van der Waals surface area contributed by atoms with Gasteiger partial charge in [0.25, 0.3) is 0 Å². The van der Waals surface area contributed by atoms with E-state index in [4.69, 9.17) is 10.5 Å². The summed E-state index contributed by atoms with van der Waals surface area (Å²) in [6, 6.07) is 5.57. The van der Waals surface area contributed by atoms with Gasteiger partial charge in [-0.25, -0.2) is 0 Å². The van der Waals surface area contributed by atoms with Gasteiger partial charge < -0.3 is 20.7 Å². The van der Waals surface area contributed by atoms with Gasteiger partial charge in [0, 0.05) is 38.9 Å². The van der Waals surface area contributed by atoms with Gasteiger partial charge in [-0.1, -0.05) is 6.07 Å². The van der Waals surface area contributed by atoms with Gasteiger partial charge in [-0.15, -0.1) is 0 Å². The van der Waals surface area contributed by atoms with Crippen LogP contribution in [0.4, 0.5) is 0 Å². The molecule has 1 aromatic carbocycles. The van der Waals surface area contributed by atoms with Crippen LogP contribution in [0.25, 0.3) is 0 Å². The van der Waals surface area contributed by atoms with Crippen LogP contribution < -0.4 is 11.1 Å². The van der Waals surface area contributed by atoms with E-state index in [9.17, 15) is 4.79 Å². The van der Waals surface area contributed by atoms with Crippen molar-refractivity contribution in [3.05, 3.63) is 34.9 Å². The van der Waals surface area contributed by atoms with Crippen molar-refractivity contribution in [2.45, 2.75) is 13.5 Å². The third kappa shape index (κ3) is 5.69. The fourth-order valence-electron chi connectivity index (χ4n) is 1.90. The largest absolute Gasteiger partial charge is 0.383 e. The molecule has 0 saturated heterocycles. The fraction of sp³-hybridized carbons (Fsp3) is 0.533. The lowest BCUT2D eigenvalue weighted by Gasteiger charge is -2.16. The maximum absolute atomic E-state index is 11.1. The molecular formula is C15H25N3O2. The van der Waals surface area contributed by atoms with Crippen molar-refractivity contribution >= 4 is 5.91 Å². The zero-order valence-electron chi connectivity index (χ0n) is 12.6. The SMILES string of the molecule is COCCN(C)CCNCc1ccc(C(N)=O)cc1C. The second kappa shape index (κ2) is 8.68. The van der Waals surface area contributed by atoms with E-state index in [1.165, 1.54) is 5.56 Å². The second-order valence-electron chi connectivity index (χ2n) is 4.98. The van der Waals surface area contributed by atoms with Crippen LogP contribution in [0.15, 0.2) is 18.2 Å². The van der Waals surface area contributed by atoms with Crippen LogP contribution in [-0.4, -0.2) is 51.2 Å². The highest BCUT2D eigenvalue weighted by molar-refractivity contribution is 5.93. The lowest BCUT2D eigenvalue weighted by Crippen LogP contribution is -2.31. The fourth-order valence-corrected chi connectivity index (χ4v) is 1.90. The van der Waals surface area contributed by atoms with Crippen LogP contribution in [0.3, 0.4) is 0 Å². The molecule has 0 heterocycles. The van der Waals surface area contributed by atoms with Crippen molar-refractivity contribution in [1.29, 1.82) is 0 Å². The highest BCUT2D eigenvalue weighted by atomic mass is 16.5. The van der Waals surface area contributed by atoms with E-state index in [2.05, 4.69) is 17.3 Å². The number of aryl methyl sites for hydroxylation is 1. The number of amides is 1. The first-order chi connectivity index (χ1) is 9.54. The number of likely N-dealkylation sites (N-methyl/N-ethyl adjacent to an activating group) is 1. The highest BCUT2D eigenvalue weighted by Gasteiger charge is 2.04. The van der Waals surface area contributed by atoms with E-state index in [0.717, 1.165) is 38.3 Å². The number of hydrogen-bond donors (Lipinski definition) is 2. The standard InChI is InChI=1S/C15H25N3O2/c1-12-10-13(15(16)19)4-5-14(12)11-17-6-7-18(2)8-9-20-3/h4-5,10,17H,6-9,11H2,1-3H3,(H2,16,19). The molecule has 0 unspecified atom stereocenters. The summed E-state index contributed by atoms with van der Waals surface area (Å²) in [6.45, 7) is 6.37.